The third-order valence-electron chi connectivity index (χ3n) is 11.4. The van der Waals surface area contributed by atoms with E-state index >= 15 is 0 Å². The zero-order valence-electron chi connectivity index (χ0n) is 26.7. The molecule has 0 saturated carbocycles. The van der Waals surface area contributed by atoms with Crippen molar-refractivity contribution in [3.05, 3.63) is 139 Å². The molecule has 4 N–H and O–H groups in total. The molecule has 0 radical (unpaired) electrons. The van der Waals surface area contributed by atoms with E-state index in [9.17, 15) is 39.6 Å². The number of carboxylic acids is 4. The van der Waals surface area contributed by atoms with Gasteiger partial charge < -0.3 is 20.4 Å². The fourth-order valence-electron chi connectivity index (χ4n) is 9.41. The topological polar surface area (TPSA) is 213 Å². The van der Waals surface area contributed by atoms with Crippen LogP contribution in [0.3, 0.4) is 0 Å². The summed E-state index contributed by atoms with van der Waals surface area (Å²) in [6, 6.07) is 19.3. The van der Waals surface area contributed by atoms with E-state index in [-0.39, 0.29) is 22.3 Å². The minimum Gasteiger partial charge on any atom is -0.478 e. The normalized spacial score (nSPS) is 25.3. The summed E-state index contributed by atoms with van der Waals surface area (Å²) >= 11 is 0. The molecular weight excluding hydrogens is 684 g/mol. The Morgan fingerprint density at radius 2 is 1.00 bits per heavy atom. The van der Waals surface area contributed by atoms with E-state index in [1.807, 2.05) is 14.4 Å². The number of benzene rings is 4. The molecule has 5 aromatic rings. The van der Waals surface area contributed by atoms with Gasteiger partial charge in [0, 0.05) is 33.0 Å². The number of hydrogen-bond donors (Lipinski definition) is 4. The van der Waals surface area contributed by atoms with Crippen molar-refractivity contribution in [3.8, 4) is 0 Å². The zero-order valence-corrected chi connectivity index (χ0v) is 26.7. The van der Waals surface area contributed by atoms with E-state index in [4.69, 9.17) is 20.0 Å². The summed E-state index contributed by atoms with van der Waals surface area (Å²) < 4.78 is 1.96. The van der Waals surface area contributed by atoms with Gasteiger partial charge >= 0.3 is 23.9 Å². The number of carbonyl (C=O) groups is 4. The molecule has 256 valence electrons. The van der Waals surface area contributed by atoms with Gasteiger partial charge in [-0.1, -0.05) is 12.1 Å². The molecule has 16 nitrogen and oxygen atoms in total. The Balaban J connectivity index is 1.29. The third-order valence-corrected chi connectivity index (χ3v) is 11.4. The third kappa shape index (κ3) is 3.02. The molecule has 8 heterocycles. The SMILES string of the molecule is O=C(O)c1ccc2c(c1)C1=NC3c4ccc(C(=O)O)cc4C4N=C5c6ccc(C(=O)O)cc6C6N=c7c8ccc(C(=O)O)cc8c8n7C(N56)(N1C2N=8)N43. The van der Waals surface area contributed by atoms with Crippen molar-refractivity contribution in [2.45, 2.75) is 30.6 Å². The first-order valence-corrected chi connectivity index (χ1v) is 16.6. The molecule has 7 aliphatic heterocycles. The summed E-state index contributed by atoms with van der Waals surface area (Å²) in [4.78, 5) is 76.5. The van der Waals surface area contributed by atoms with Crippen LogP contribution in [-0.4, -0.2) is 75.2 Å². The second-order valence-corrected chi connectivity index (χ2v) is 13.8. The maximum absolute atomic E-state index is 12.3. The van der Waals surface area contributed by atoms with Crippen LogP contribution in [0.15, 0.2) is 92.8 Å². The number of hydrogen-bond acceptors (Lipinski definition) is 11. The maximum atomic E-state index is 12.3. The fraction of sp³-hybridized carbons (Fsp3) is 0.135. The minimum absolute atomic E-state index is 0.0454. The first-order valence-electron chi connectivity index (χ1n) is 16.6. The molecular formula is C37H20N8O8. The lowest BCUT2D eigenvalue weighted by molar-refractivity contribution is -0.255. The van der Waals surface area contributed by atoms with E-state index in [0.29, 0.717) is 66.8 Å². The number of rotatable bonds is 4. The van der Waals surface area contributed by atoms with Crippen LogP contribution in [-0.2, 0) is 5.91 Å². The number of fused-ring (bicyclic) bond motifs is 12. The molecule has 0 aliphatic carbocycles. The van der Waals surface area contributed by atoms with E-state index < -0.39 is 54.5 Å². The average Bonchev–Trinajstić information content (AvgIpc) is 3.86. The first kappa shape index (κ1) is 28.5. The van der Waals surface area contributed by atoms with Gasteiger partial charge in [-0.3, -0.25) is 14.4 Å². The maximum Gasteiger partial charge on any atom is 0.335 e. The Bertz CT molecular complexity index is 2950. The van der Waals surface area contributed by atoms with Gasteiger partial charge in [0.05, 0.1) is 22.3 Å². The molecule has 0 fully saturated rings. The van der Waals surface area contributed by atoms with E-state index in [0.717, 1.165) is 0 Å². The van der Waals surface area contributed by atoms with Crippen LogP contribution in [0.2, 0.25) is 0 Å². The van der Waals surface area contributed by atoms with Crippen molar-refractivity contribution in [3.63, 3.8) is 0 Å². The number of aromatic carboxylic acids is 4. The minimum atomic E-state index is -1.43. The van der Waals surface area contributed by atoms with E-state index in [2.05, 4.69) is 4.90 Å². The molecule has 5 unspecified atom stereocenters. The molecule has 12 rings (SSSR count). The van der Waals surface area contributed by atoms with Crippen molar-refractivity contribution in [2.24, 2.45) is 20.0 Å². The number of aromatic nitrogens is 1. The van der Waals surface area contributed by atoms with Gasteiger partial charge in [-0.15, -0.1) is 0 Å². The lowest BCUT2D eigenvalue weighted by Gasteiger charge is -2.63. The van der Waals surface area contributed by atoms with Gasteiger partial charge in [0.25, 0.3) is 5.91 Å². The predicted molar refractivity (Wildman–Crippen MR) is 179 cm³/mol. The van der Waals surface area contributed by atoms with Gasteiger partial charge in [0.15, 0.2) is 12.3 Å². The molecule has 4 aromatic carbocycles. The number of nitrogens with zero attached hydrogens (tertiary/aromatic N) is 8. The quantitative estimate of drug-likeness (QED) is 0.214. The largest absolute Gasteiger partial charge is 0.478 e. The molecule has 0 bridgehead atoms. The number of aliphatic imine (C=N–C) groups is 2. The van der Waals surface area contributed by atoms with Crippen molar-refractivity contribution in [2.75, 3.05) is 0 Å². The molecule has 53 heavy (non-hydrogen) atoms. The molecule has 5 atom stereocenters. The van der Waals surface area contributed by atoms with Crippen molar-refractivity contribution in [1.29, 1.82) is 0 Å². The van der Waals surface area contributed by atoms with Gasteiger partial charge in [-0.25, -0.2) is 39.1 Å². The lowest BCUT2D eigenvalue weighted by Crippen LogP contribution is -2.80. The smallest absolute Gasteiger partial charge is 0.335 e. The van der Waals surface area contributed by atoms with Crippen LogP contribution >= 0.6 is 0 Å². The first-order chi connectivity index (χ1) is 25.6. The van der Waals surface area contributed by atoms with E-state index in [1.165, 1.54) is 24.3 Å². The Labute approximate surface area is 294 Å². The second-order valence-electron chi connectivity index (χ2n) is 13.8. The standard InChI is InChI=1S/C37H20N8O8/c46-33(47)13-1-5-17-21(9-13)29-39-26-19-7-3-15(35(50)51)11-23(19)31-41-28-20-8-4-16(36(52)53)12-24(20)32-40-27-18-6-2-14(34(48)49)10-22(18)30-38-25(17)42(29)37(43(27)30,44(26)31)45(28)32/h1-12,25-26,31-32H,(H,46,47)(H,48,49)(H,50,51)(H,52,53). The zero-order chi connectivity index (χ0) is 36.0. The number of amidine groups is 2. The lowest BCUT2D eigenvalue weighted by atomic mass is 10.0. The summed E-state index contributed by atoms with van der Waals surface area (Å²) in [5, 5.41) is 41.4. The highest BCUT2D eigenvalue weighted by molar-refractivity contribution is 6.09. The molecule has 1 spiro atoms. The van der Waals surface area contributed by atoms with Crippen LogP contribution in [0, 0.1) is 0 Å². The fourth-order valence-corrected chi connectivity index (χ4v) is 9.41. The second kappa shape index (κ2) is 8.80. The van der Waals surface area contributed by atoms with Crippen molar-refractivity contribution in [1.82, 2.24) is 19.3 Å². The van der Waals surface area contributed by atoms with Crippen LogP contribution < -0.4 is 11.0 Å². The Morgan fingerprint density at radius 3 is 1.68 bits per heavy atom. The van der Waals surface area contributed by atoms with Crippen LogP contribution in [0.4, 0.5) is 0 Å². The summed E-state index contributed by atoms with van der Waals surface area (Å²) in [5.74, 6) is -4.95. The van der Waals surface area contributed by atoms with E-state index in [1.54, 1.807) is 48.5 Å². The monoisotopic (exact) mass is 704 g/mol. The number of carboxylic acid groups (broad SMARTS) is 4. The summed E-state index contributed by atoms with van der Waals surface area (Å²) in [6.45, 7) is 0. The van der Waals surface area contributed by atoms with Gasteiger partial charge in [0.2, 0.25) is 0 Å². The van der Waals surface area contributed by atoms with Gasteiger partial charge in [-0.05, 0) is 71.8 Å². The van der Waals surface area contributed by atoms with Crippen LogP contribution in [0.5, 0.6) is 0 Å². The molecule has 0 saturated heterocycles. The average molecular weight is 705 g/mol. The molecule has 16 heteroatoms. The molecule has 0 amide bonds. The highest BCUT2D eigenvalue weighted by Crippen LogP contribution is 2.64. The van der Waals surface area contributed by atoms with Crippen molar-refractivity contribution >= 4 is 46.3 Å². The summed E-state index contributed by atoms with van der Waals surface area (Å²) in [6.07, 6.45) is -3.16. The highest BCUT2D eigenvalue weighted by Gasteiger charge is 2.72. The summed E-state index contributed by atoms with van der Waals surface area (Å²) in [7, 11) is 0. The molecule has 7 aliphatic rings. The highest BCUT2D eigenvalue weighted by atomic mass is 16.4. The molecule has 1 aromatic heterocycles. The summed E-state index contributed by atoms with van der Waals surface area (Å²) in [5.41, 5.74) is 4.92. The Hall–Kier alpha value is -7.20. The van der Waals surface area contributed by atoms with Crippen molar-refractivity contribution < 1.29 is 39.6 Å². The Kier molecular flexibility index (Phi) is 4.73. The predicted octanol–water partition coefficient (Wildman–Crippen LogP) is 2.83. The van der Waals surface area contributed by atoms with Gasteiger partial charge in [0.1, 0.15) is 35.0 Å². The van der Waals surface area contributed by atoms with Crippen LogP contribution in [0.1, 0.15) is 99.5 Å². The Morgan fingerprint density at radius 1 is 0.491 bits per heavy atom. The van der Waals surface area contributed by atoms with Crippen LogP contribution in [0.25, 0.3) is 10.8 Å². The van der Waals surface area contributed by atoms with Gasteiger partial charge in [-0.2, -0.15) is 4.90 Å².